The number of unbranched alkanes of at least 4 members (excludes halogenated alkanes) is 7. The Labute approximate surface area is 193 Å². The average molecular weight is 439 g/mol. The molecule has 0 amide bonds. The minimum absolute atomic E-state index is 0.166. The summed E-state index contributed by atoms with van der Waals surface area (Å²) in [5, 5.41) is 18.7. The molecule has 4 nitrogen and oxygen atoms in total. The summed E-state index contributed by atoms with van der Waals surface area (Å²) >= 11 is 0. The van der Waals surface area contributed by atoms with E-state index in [0.29, 0.717) is 6.42 Å². The van der Waals surface area contributed by atoms with Gasteiger partial charge >= 0.3 is 5.97 Å². The second-order valence-electron chi connectivity index (χ2n) is 7.59. The minimum atomic E-state index is -0.423. The van der Waals surface area contributed by atoms with Gasteiger partial charge in [0.15, 0.2) is 11.5 Å². The third kappa shape index (κ3) is 14.9. The van der Waals surface area contributed by atoms with Crippen LogP contribution in [0, 0.1) is 0 Å². The maximum Gasteiger partial charge on any atom is 0.330 e. The highest BCUT2D eigenvalue weighted by Crippen LogP contribution is 2.24. The van der Waals surface area contributed by atoms with Gasteiger partial charge in [0.2, 0.25) is 0 Å². The molecule has 0 aliphatic carbocycles. The van der Waals surface area contributed by atoms with Crippen LogP contribution < -0.4 is 0 Å². The summed E-state index contributed by atoms with van der Waals surface area (Å²) < 4.78 is 5.10. The first-order chi connectivity index (χ1) is 15.6. The number of phenolic OH excluding ortho intramolecular Hbond substituents is 2. The predicted octanol–water partition coefficient (Wildman–Crippen LogP) is 7.11. The normalized spacial score (nSPS) is 12.3. The Morgan fingerprint density at radius 2 is 1.44 bits per heavy atom. The molecule has 1 aromatic rings. The average Bonchev–Trinajstić information content (AvgIpc) is 2.78. The van der Waals surface area contributed by atoms with Crippen molar-refractivity contribution in [1.29, 1.82) is 0 Å². The van der Waals surface area contributed by atoms with E-state index < -0.39 is 5.97 Å². The number of esters is 1. The number of benzene rings is 1. The van der Waals surface area contributed by atoms with Crippen molar-refractivity contribution >= 4 is 5.97 Å². The molecular weight excluding hydrogens is 400 g/mol. The fraction of sp³-hybridized carbons (Fsp3) is 0.393. The topological polar surface area (TPSA) is 66.8 Å². The number of phenols is 2. The molecule has 2 N–H and O–H groups in total. The van der Waals surface area contributed by atoms with Crippen LogP contribution in [0.2, 0.25) is 0 Å². The number of aromatic hydroxyl groups is 2. The van der Waals surface area contributed by atoms with E-state index in [0.717, 1.165) is 12.0 Å². The largest absolute Gasteiger partial charge is 0.504 e. The van der Waals surface area contributed by atoms with Crippen LogP contribution >= 0.6 is 0 Å². The maximum absolute atomic E-state index is 11.6. The van der Waals surface area contributed by atoms with Crippen LogP contribution in [0.5, 0.6) is 11.5 Å². The third-order valence-electron chi connectivity index (χ3n) is 4.80. The molecule has 0 radical (unpaired) electrons. The third-order valence-corrected chi connectivity index (χ3v) is 4.80. The first-order valence-corrected chi connectivity index (χ1v) is 11.6. The molecule has 0 heterocycles. The van der Waals surface area contributed by atoms with E-state index in [1.54, 1.807) is 18.2 Å². The summed E-state index contributed by atoms with van der Waals surface area (Å²) in [7, 11) is 0. The highest BCUT2D eigenvalue weighted by atomic mass is 16.5. The van der Waals surface area contributed by atoms with Crippen molar-refractivity contribution in [3.8, 4) is 11.5 Å². The van der Waals surface area contributed by atoms with Gasteiger partial charge in [-0.05, 0) is 30.5 Å². The van der Waals surface area contributed by atoms with Gasteiger partial charge in [-0.1, -0.05) is 106 Å². The molecule has 0 aliphatic heterocycles. The molecule has 4 heteroatoms. The van der Waals surface area contributed by atoms with Crippen molar-refractivity contribution < 1.29 is 19.7 Å². The van der Waals surface area contributed by atoms with Crippen molar-refractivity contribution in [1.82, 2.24) is 0 Å². The number of carbonyl (C=O) groups is 1. The SMILES string of the molecule is CCCCCCCCCC=CC=CC=CC=CC=CC(=O)OCCc1ccc(O)c(O)c1. The highest BCUT2D eigenvalue weighted by Gasteiger charge is 2.02. The van der Waals surface area contributed by atoms with Gasteiger partial charge in [-0.3, -0.25) is 0 Å². The molecule has 0 fully saturated rings. The van der Waals surface area contributed by atoms with E-state index in [1.165, 1.54) is 63.2 Å². The lowest BCUT2D eigenvalue weighted by molar-refractivity contribution is -0.137. The zero-order valence-corrected chi connectivity index (χ0v) is 19.3. The van der Waals surface area contributed by atoms with Crippen LogP contribution in [-0.4, -0.2) is 22.8 Å². The molecule has 1 aromatic carbocycles. The minimum Gasteiger partial charge on any atom is -0.504 e. The molecule has 0 saturated heterocycles. The fourth-order valence-corrected chi connectivity index (χ4v) is 2.96. The van der Waals surface area contributed by atoms with Crippen LogP contribution in [0.25, 0.3) is 0 Å². The van der Waals surface area contributed by atoms with Crippen molar-refractivity contribution in [2.45, 2.75) is 64.7 Å². The second kappa shape index (κ2) is 18.7. The Hall–Kier alpha value is -3.01. The fourth-order valence-electron chi connectivity index (χ4n) is 2.96. The Bertz CT molecular complexity index is 785. The van der Waals surface area contributed by atoms with Crippen molar-refractivity contribution in [3.63, 3.8) is 0 Å². The van der Waals surface area contributed by atoms with E-state index in [1.807, 2.05) is 30.4 Å². The summed E-state index contributed by atoms with van der Waals surface area (Å²) in [5.41, 5.74) is 0.780. The molecule has 0 aromatic heterocycles. The summed E-state index contributed by atoms with van der Waals surface area (Å²) in [4.78, 5) is 11.6. The van der Waals surface area contributed by atoms with Gasteiger partial charge in [0.1, 0.15) is 0 Å². The summed E-state index contributed by atoms with van der Waals surface area (Å²) in [6.45, 7) is 2.45. The summed E-state index contributed by atoms with van der Waals surface area (Å²) in [6.07, 6.45) is 29.7. The van der Waals surface area contributed by atoms with E-state index in [4.69, 9.17) is 4.74 Å². The van der Waals surface area contributed by atoms with Crippen LogP contribution in [0.3, 0.4) is 0 Å². The Kier molecular flexibility index (Phi) is 15.8. The maximum atomic E-state index is 11.6. The second-order valence-corrected chi connectivity index (χ2v) is 7.59. The van der Waals surface area contributed by atoms with Crippen LogP contribution in [0.4, 0.5) is 0 Å². The first-order valence-electron chi connectivity index (χ1n) is 11.6. The number of carbonyl (C=O) groups excluding carboxylic acids is 1. The van der Waals surface area contributed by atoms with Crippen molar-refractivity contribution in [2.75, 3.05) is 6.61 Å². The molecule has 0 bridgehead atoms. The highest BCUT2D eigenvalue weighted by molar-refractivity contribution is 5.82. The Balaban J connectivity index is 2.07. The van der Waals surface area contributed by atoms with Gasteiger partial charge in [0, 0.05) is 12.5 Å². The lowest BCUT2D eigenvalue weighted by Crippen LogP contribution is -2.04. The standard InChI is InChI=1S/C28H38O4/c1-2-3-4-5-6-7-8-9-10-11-12-13-14-15-16-17-18-19-28(31)32-23-22-25-20-21-26(29)27(30)24-25/h10-21,24,29-30H,2-9,22-23H2,1H3. The number of rotatable bonds is 16. The van der Waals surface area contributed by atoms with Gasteiger partial charge in [0.25, 0.3) is 0 Å². The molecule has 0 unspecified atom stereocenters. The van der Waals surface area contributed by atoms with Gasteiger partial charge in [-0.15, -0.1) is 0 Å². The van der Waals surface area contributed by atoms with E-state index >= 15 is 0 Å². The van der Waals surface area contributed by atoms with Crippen LogP contribution in [0.15, 0.2) is 79.0 Å². The monoisotopic (exact) mass is 438 g/mol. The molecule has 0 aliphatic rings. The van der Waals surface area contributed by atoms with E-state index in [9.17, 15) is 15.0 Å². The number of hydrogen-bond acceptors (Lipinski definition) is 4. The lowest BCUT2D eigenvalue weighted by Gasteiger charge is -2.04. The zero-order chi connectivity index (χ0) is 23.3. The van der Waals surface area contributed by atoms with Gasteiger partial charge in [-0.25, -0.2) is 4.79 Å². The molecule has 0 saturated carbocycles. The van der Waals surface area contributed by atoms with Gasteiger partial charge < -0.3 is 14.9 Å². The molecule has 1 rings (SSSR count). The molecule has 32 heavy (non-hydrogen) atoms. The Morgan fingerprint density at radius 3 is 2.12 bits per heavy atom. The molecule has 174 valence electrons. The number of allylic oxidation sites excluding steroid dienone is 9. The predicted molar refractivity (Wildman–Crippen MR) is 133 cm³/mol. The van der Waals surface area contributed by atoms with E-state index in [-0.39, 0.29) is 18.1 Å². The lowest BCUT2D eigenvalue weighted by atomic mass is 10.1. The zero-order valence-electron chi connectivity index (χ0n) is 19.3. The molecule has 0 spiro atoms. The number of hydrogen-bond donors (Lipinski definition) is 2. The van der Waals surface area contributed by atoms with Crippen molar-refractivity contribution in [3.05, 3.63) is 84.5 Å². The van der Waals surface area contributed by atoms with Crippen molar-refractivity contribution in [2.24, 2.45) is 0 Å². The van der Waals surface area contributed by atoms with E-state index in [2.05, 4.69) is 19.1 Å². The number of ether oxygens (including phenoxy) is 1. The first kappa shape index (κ1) is 27.0. The van der Waals surface area contributed by atoms with Crippen LogP contribution in [0.1, 0.15) is 63.9 Å². The smallest absolute Gasteiger partial charge is 0.330 e. The van der Waals surface area contributed by atoms with Gasteiger partial charge in [-0.2, -0.15) is 0 Å². The summed E-state index contributed by atoms with van der Waals surface area (Å²) in [5.74, 6) is -0.769. The van der Waals surface area contributed by atoms with Crippen LogP contribution in [-0.2, 0) is 16.0 Å². The molecular formula is C28H38O4. The summed E-state index contributed by atoms with van der Waals surface area (Å²) in [6, 6.07) is 4.54. The quantitative estimate of drug-likeness (QED) is 0.0949. The molecule has 0 atom stereocenters. The Morgan fingerprint density at radius 1 is 0.812 bits per heavy atom. The van der Waals surface area contributed by atoms with Gasteiger partial charge in [0.05, 0.1) is 6.61 Å².